The van der Waals surface area contributed by atoms with Gasteiger partial charge in [-0.15, -0.1) is 0 Å². The van der Waals surface area contributed by atoms with Gasteiger partial charge >= 0.3 is 6.09 Å². The third kappa shape index (κ3) is 3.29. The van der Waals surface area contributed by atoms with Crippen LogP contribution in [-0.2, 0) is 9.78 Å². The van der Waals surface area contributed by atoms with Crippen molar-refractivity contribution in [3.63, 3.8) is 0 Å². The fraction of sp³-hybridized carbons (Fsp3) is 0.833. The number of primary amides is 1. The van der Waals surface area contributed by atoms with Gasteiger partial charge in [0.1, 0.15) is 0 Å². The molecule has 0 aliphatic heterocycles. The number of carbonyl (C=O) groups is 1. The highest BCUT2D eigenvalue weighted by molar-refractivity contribution is 5.63. The molecular formula is C6H11NO3. The van der Waals surface area contributed by atoms with Crippen LogP contribution in [-0.4, -0.2) is 12.7 Å². The van der Waals surface area contributed by atoms with Crippen molar-refractivity contribution < 1.29 is 14.6 Å². The first-order chi connectivity index (χ1) is 4.79. The Morgan fingerprint density at radius 2 is 2.30 bits per heavy atom. The zero-order chi connectivity index (χ0) is 7.40. The second-order valence-electron chi connectivity index (χ2n) is 2.46. The number of nitrogens with two attached hydrogens (primary N) is 1. The minimum Gasteiger partial charge on any atom is -0.333 e. The lowest BCUT2D eigenvalue weighted by Crippen LogP contribution is -2.13. The van der Waals surface area contributed by atoms with Crippen molar-refractivity contribution in [2.24, 2.45) is 11.7 Å². The van der Waals surface area contributed by atoms with Crippen molar-refractivity contribution >= 4 is 6.09 Å². The van der Waals surface area contributed by atoms with Crippen molar-refractivity contribution in [1.29, 1.82) is 0 Å². The van der Waals surface area contributed by atoms with Crippen LogP contribution in [0.5, 0.6) is 0 Å². The molecule has 1 fully saturated rings. The Morgan fingerprint density at radius 1 is 1.60 bits per heavy atom. The summed E-state index contributed by atoms with van der Waals surface area (Å²) < 4.78 is 0. The molecule has 0 spiro atoms. The van der Waals surface area contributed by atoms with Gasteiger partial charge in [-0.2, -0.15) is 4.89 Å². The molecule has 0 aromatic carbocycles. The predicted octanol–water partition coefficient (Wildman–Crippen LogP) is 0.813. The molecule has 1 aliphatic carbocycles. The maximum Gasteiger partial charge on any atom is 0.436 e. The van der Waals surface area contributed by atoms with E-state index in [2.05, 4.69) is 15.5 Å². The lowest BCUT2D eigenvalue weighted by atomic mass is 10.3. The van der Waals surface area contributed by atoms with Gasteiger partial charge in [0.15, 0.2) is 0 Å². The summed E-state index contributed by atoms with van der Waals surface area (Å²) in [5.41, 5.74) is 4.64. The lowest BCUT2D eigenvalue weighted by Gasteiger charge is -1.97. The van der Waals surface area contributed by atoms with E-state index in [-0.39, 0.29) is 0 Å². The van der Waals surface area contributed by atoms with E-state index in [4.69, 9.17) is 0 Å². The van der Waals surface area contributed by atoms with E-state index < -0.39 is 6.09 Å². The van der Waals surface area contributed by atoms with Crippen LogP contribution in [0.2, 0.25) is 0 Å². The van der Waals surface area contributed by atoms with Gasteiger partial charge in [-0.1, -0.05) is 12.8 Å². The number of hydrogen-bond acceptors (Lipinski definition) is 3. The van der Waals surface area contributed by atoms with Crippen LogP contribution in [0.15, 0.2) is 0 Å². The van der Waals surface area contributed by atoms with Gasteiger partial charge in [-0.25, -0.2) is 4.79 Å². The summed E-state index contributed by atoms with van der Waals surface area (Å²) in [4.78, 5) is 18.5. The van der Waals surface area contributed by atoms with E-state index in [9.17, 15) is 4.79 Å². The number of amides is 1. The summed E-state index contributed by atoms with van der Waals surface area (Å²) in [6, 6.07) is 0. The monoisotopic (exact) mass is 145 g/mol. The molecule has 0 bridgehead atoms. The molecule has 0 unspecified atom stereocenters. The molecule has 0 saturated heterocycles. The first-order valence-electron chi connectivity index (χ1n) is 3.38. The minimum atomic E-state index is -0.879. The summed E-state index contributed by atoms with van der Waals surface area (Å²) in [6.45, 7) is 0.466. The molecule has 1 saturated carbocycles. The Bertz CT molecular complexity index is 122. The zero-order valence-electron chi connectivity index (χ0n) is 5.71. The van der Waals surface area contributed by atoms with Gasteiger partial charge in [0.2, 0.25) is 0 Å². The zero-order valence-corrected chi connectivity index (χ0v) is 5.71. The Balaban J connectivity index is 1.80. The molecule has 1 rings (SSSR count). The average Bonchev–Trinajstić information content (AvgIpc) is 2.62. The van der Waals surface area contributed by atoms with E-state index in [1.807, 2.05) is 0 Å². The largest absolute Gasteiger partial charge is 0.436 e. The molecule has 58 valence electrons. The van der Waals surface area contributed by atoms with Gasteiger partial charge < -0.3 is 5.73 Å². The van der Waals surface area contributed by atoms with Crippen LogP contribution in [0.1, 0.15) is 19.3 Å². The molecule has 4 heteroatoms. The van der Waals surface area contributed by atoms with E-state index >= 15 is 0 Å². The molecule has 1 aliphatic rings. The first kappa shape index (κ1) is 7.34. The van der Waals surface area contributed by atoms with Gasteiger partial charge in [-0.3, -0.25) is 4.89 Å². The molecule has 0 aromatic heterocycles. The smallest absolute Gasteiger partial charge is 0.333 e. The topological polar surface area (TPSA) is 61.6 Å². The third-order valence-corrected chi connectivity index (χ3v) is 1.45. The highest BCUT2D eigenvalue weighted by atomic mass is 17.2. The molecule has 0 radical (unpaired) electrons. The van der Waals surface area contributed by atoms with Crippen molar-refractivity contribution in [1.82, 2.24) is 0 Å². The van der Waals surface area contributed by atoms with Gasteiger partial charge in [-0.05, 0) is 12.3 Å². The molecule has 0 atom stereocenters. The number of carbonyl (C=O) groups excluding carboxylic acids is 1. The molecular weight excluding hydrogens is 134 g/mol. The fourth-order valence-corrected chi connectivity index (χ4v) is 0.721. The highest BCUT2D eigenvalue weighted by Gasteiger charge is 2.20. The van der Waals surface area contributed by atoms with Gasteiger partial charge in [0.25, 0.3) is 0 Å². The Labute approximate surface area is 59.2 Å². The van der Waals surface area contributed by atoms with Crippen LogP contribution in [0.4, 0.5) is 4.79 Å². The SMILES string of the molecule is NC(=O)OOCCC1CC1. The molecule has 0 heterocycles. The standard InChI is InChI=1S/C6H11NO3/c7-6(8)10-9-4-3-5-1-2-5/h5H,1-4H2,(H2,7,8). The predicted molar refractivity (Wildman–Crippen MR) is 34.0 cm³/mol. The van der Waals surface area contributed by atoms with Gasteiger partial charge in [0, 0.05) is 0 Å². The maximum atomic E-state index is 9.93. The molecule has 10 heavy (non-hydrogen) atoms. The quantitative estimate of drug-likeness (QED) is 0.362. The summed E-state index contributed by atoms with van der Waals surface area (Å²) in [5.74, 6) is 0.788. The molecule has 1 amide bonds. The molecule has 2 N–H and O–H groups in total. The van der Waals surface area contributed by atoms with Crippen molar-refractivity contribution in [3.05, 3.63) is 0 Å². The maximum absolute atomic E-state index is 9.93. The fourth-order valence-electron chi connectivity index (χ4n) is 0.721. The minimum absolute atomic E-state index is 0.466. The normalized spacial score (nSPS) is 16.8. The Morgan fingerprint density at radius 3 is 2.80 bits per heavy atom. The van der Waals surface area contributed by atoms with E-state index in [1.165, 1.54) is 12.8 Å². The number of hydrogen-bond donors (Lipinski definition) is 1. The van der Waals surface area contributed by atoms with Crippen LogP contribution in [0.25, 0.3) is 0 Å². The van der Waals surface area contributed by atoms with Crippen molar-refractivity contribution in [2.75, 3.05) is 6.61 Å². The van der Waals surface area contributed by atoms with Crippen molar-refractivity contribution in [3.8, 4) is 0 Å². The molecule has 0 aromatic rings. The summed E-state index contributed by atoms with van der Waals surface area (Å²) in [5, 5.41) is 0. The highest BCUT2D eigenvalue weighted by Crippen LogP contribution is 2.31. The Kier molecular flexibility index (Phi) is 2.50. The first-order valence-corrected chi connectivity index (χ1v) is 3.38. The van der Waals surface area contributed by atoms with Gasteiger partial charge in [0.05, 0.1) is 6.61 Å². The second-order valence-corrected chi connectivity index (χ2v) is 2.46. The second kappa shape index (κ2) is 3.41. The van der Waals surface area contributed by atoms with E-state index in [1.54, 1.807) is 0 Å². The third-order valence-electron chi connectivity index (χ3n) is 1.45. The van der Waals surface area contributed by atoms with Crippen LogP contribution in [0, 0.1) is 5.92 Å². The Hall–Kier alpha value is -0.770. The van der Waals surface area contributed by atoms with Crippen LogP contribution < -0.4 is 5.73 Å². The number of rotatable bonds is 4. The summed E-state index contributed by atoms with van der Waals surface area (Å²) in [7, 11) is 0. The lowest BCUT2D eigenvalue weighted by molar-refractivity contribution is -0.237. The molecule has 4 nitrogen and oxygen atoms in total. The van der Waals surface area contributed by atoms with Crippen molar-refractivity contribution in [2.45, 2.75) is 19.3 Å². The van der Waals surface area contributed by atoms with Crippen LogP contribution in [0.3, 0.4) is 0 Å². The average molecular weight is 145 g/mol. The van der Waals surface area contributed by atoms with E-state index in [0.717, 1.165) is 12.3 Å². The van der Waals surface area contributed by atoms with Crippen LogP contribution >= 0.6 is 0 Å². The van der Waals surface area contributed by atoms with E-state index in [0.29, 0.717) is 6.61 Å². The summed E-state index contributed by atoms with van der Waals surface area (Å²) >= 11 is 0. The summed E-state index contributed by atoms with van der Waals surface area (Å²) in [6.07, 6.45) is 2.64.